The Bertz CT molecular complexity index is 515. The maximum Gasteiger partial charge on any atom is 0.275 e. The van der Waals surface area contributed by atoms with Crippen LogP contribution in [0, 0.1) is 16.0 Å². The van der Waals surface area contributed by atoms with Crippen molar-refractivity contribution in [2.75, 3.05) is 19.6 Å². The fourth-order valence-electron chi connectivity index (χ4n) is 3.29. The number of hydrogen-bond acceptors (Lipinski definition) is 4. The SMILES string of the molecule is O=[N+]([O-])c1cc(Br)ccc1CNC1CN2CCC1CC2. The van der Waals surface area contributed by atoms with Gasteiger partial charge in [-0.3, -0.25) is 10.1 Å². The number of nitro benzene ring substituents is 1. The number of benzene rings is 1. The van der Waals surface area contributed by atoms with Crippen LogP contribution < -0.4 is 5.32 Å². The number of hydrogen-bond donors (Lipinski definition) is 1. The van der Waals surface area contributed by atoms with Crippen LogP contribution in [0.2, 0.25) is 0 Å². The van der Waals surface area contributed by atoms with Crippen LogP contribution in [0.25, 0.3) is 0 Å². The maximum atomic E-state index is 11.1. The van der Waals surface area contributed by atoms with Gasteiger partial charge in [0.2, 0.25) is 0 Å². The van der Waals surface area contributed by atoms with Crippen molar-refractivity contribution >= 4 is 21.6 Å². The Kier molecular flexibility index (Phi) is 4.05. The summed E-state index contributed by atoms with van der Waals surface area (Å²) in [4.78, 5) is 13.3. The van der Waals surface area contributed by atoms with Crippen LogP contribution in [0.15, 0.2) is 22.7 Å². The third-order valence-electron chi connectivity index (χ3n) is 4.45. The van der Waals surface area contributed by atoms with Crippen LogP contribution in [0.4, 0.5) is 5.69 Å². The van der Waals surface area contributed by atoms with Gasteiger partial charge in [0, 0.05) is 35.2 Å². The first kappa shape index (κ1) is 14.0. The molecule has 1 N–H and O–H groups in total. The highest BCUT2D eigenvalue weighted by Gasteiger charge is 2.33. The van der Waals surface area contributed by atoms with Crippen LogP contribution in [0.3, 0.4) is 0 Å². The molecular weight excluding hydrogens is 322 g/mol. The lowest BCUT2D eigenvalue weighted by Gasteiger charge is -2.45. The molecule has 3 saturated heterocycles. The van der Waals surface area contributed by atoms with Gasteiger partial charge in [0.1, 0.15) is 0 Å². The standard InChI is InChI=1S/C14H18BrN3O2/c15-12-2-1-11(14(7-12)18(19)20)8-16-13-9-17-5-3-10(13)4-6-17/h1-2,7,10,13,16H,3-6,8-9H2. The highest BCUT2D eigenvalue weighted by molar-refractivity contribution is 9.10. The summed E-state index contributed by atoms with van der Waals surface area (Å²) in [5.41, 5.74) is 0.947. The van der Waals surface area contributed by atoms with E-state index in [2.05, 4.69) is 26.1 Å². The first-order valence-corrected chi connectivity index (χ1v) is 7.81. The smallest absolute Gasteiger partial charge is 0.275 e. The maximum absolute atomic E-state index is 11.1. The lowest BCUT2D eigenvalue weighted by molar-refractivity contribution is -0.385. The molecule has 0 spiro atoms. The Morgan fingerprint density at radius 1 is 1.40 bits per heavy atom. The molecule has 3 aliphatic heterocycles. The van der Waals surface area contributed by atoms with Gasteiger partial charge < -0.3 is 10.2 Å². The monoisotopic (exact) mass is 339 g/mol. The Hall–Kier alpha value is -0.980. The highest BCUT2D eigenvalue weighted by Crippen LogP contribution is 2.28. The summed E-state index contributed by atoms with van der Waals surface area (Å²) in [6, 6.07) is 5.74. The zero-order valence-corrected chi connectivity index (χ0v) is 12.8. The number of halogens is 1. The van der Waals surface area contributed by atoms with Gasteiger partial charge in [-0.05, 0) is 44.0 Å². The van der Waals surface area contributed by atoms with E-state index in [1.54, 1.807) is 6.07 Å². The van der Waals surface area contributed by atoms with E-state index in [0.717, 1.165) is 22.5 Å². The molecule has 1 aromatic carbocycles. The Labute approximate surface area is 126 Å². The molecule has 0 radical (unpaired) electrons. The average molecular weight is 340 g/mol. The molecule has 1 aromatic rings. The van der Waals surface area contributed by atoms with Crippen LogP contribution >= 0.6 is 15.9 Å². The minimum absolute atomic E-state index is 0.188. The van der Waals surface area contributed by atoms with Crippen molar-refractivity contribution in [1.29, 1.82) is 0 Å². The quantitative estimate of drug-likeness (QED) is 0.676. The van der Waals surface area contributed by atoms with Gasteiger partial charge >= 0.3 is 0 Å². The lowest BCUT2D eigenvalue weighted by Crippen LogP contribution is -2.55. The second-order valence-electron chi connectivity index (χ2n) is 5.66. The summed E-state index contributed by atoms with van der Waals surface area (Å²) in [6.45, 7) is 4.07. The zero-order chi connectivity index (χ0) is 14.1. The second kappa shape index (κ2) is 5.79. The van der Waals surface area contributed by atoms with Crippen LogP contribution in [0.5, 0.6) is 0 Å². The average Bonchev–Trinajstić information content (AvgIpc) is 2.47. The molecule has 1 unspecified atom stereocenters. The number of fused-ring (bicyclic) bond motifs is 3. The number of nitrogens with one attached hydrogen (secondary N) is 1. The number of nitro groups is 1. The minimum atomic E-state index is -0.307. The van der Waals surface area contributed by atoms with Crippen molar-refractivity contribution < 1.29 is 4.92 Å². The molecule has 0 amide bonds. The summed E-state index contributed by atoms with van der Waals surface area (Å²) in [5.74, 6) is 0.731. The van der Waals surface area contributed by atoms with E-state index in [9.17, 15) is 10.1 Å². The molecule has 20 heavy (non-hydrogen) atoms. The van der Waals surface area contributed by atoms with Gasteiger partial charge in [0.15, 0.2) is 0 Å². The van der Waals surface area contributed by atoms with E-state index in [0.29, 0.717) is 12.6 Å². The third-order valence-corrected chi connectivity index (χ3v) is 4.95. The van der Waals surface area contributed by atoms with Crippen molar-refractivity contribution in [3.63, 3.8) is 0 Å². The Balaban J connectivity index is 1.68. The molecule has 3 fully saturated rings. The van der Waals surface area contributed by atoms with Gasteiger partial charge in [-0.15, -0.1) is 0 Å². The molecule has 2 bridgehead atoms. The van der Waals surface area contributed by atoms with Crippen molar-refractivity contribution in [2.45, 2.75) is 25.4 Å². The molecule has 0 aromatic heterocycles. The molecular formula is C14H18BrN3O2. The molecule has 5 nitrogen and oxygen atoms in total. The van der Waals surface area contributed by atoms with Crippen LogP contribution in [0.1, 0.15) is 18.4 Å². The van der Waals surface area contributed by atoms with E-state index in [-0.39, 0.29) is 10.6 Å². The number of piperidine rings is 3. The van der Waals surface area contributed by atoms with E-state index in [4.69, 9.17) is 0 Å². The molecule has 0 saturated carbocycles. The van der Waals surface area contributed by atoms with Crippen molar-refractivity contribution in [1.82, 2.24) is 10.2 Å². The fraction of sp³-hybridized carbons (Fsp3) is 0.571. The summed E-state index contributed by atoms with van der Waals surface area (Å²) < 4.78 is 0.746. The normalized spacial score (nSPS) is 28.6. The Morgan fingerprint density at radius 2 is 2.15 bits per heavy atom. The second-order valence-corrected chi connectivity index (χ2v) is 6.57. The minimum Gasteiger partial charge on any atom is -0.308 e. The number of nitrogens with zero attached hydrogens (tertiary/aromatic N) is 2. The van der Waals surface area contributed by atoms with E-state index in [1.807, 2.05) is 12.1 Å². The number of rotatable bonds is 4. The summed E-state index contributed by atoms with van der Waals surface area (Å²) in [6.07, 6.45) is 2.50. The van der Waals surface area contributed by atoms with Gasteiger partial charge in [-0.2, -0.15) is 0 Å². The Morgan fingerprint density at radius 3 is 2.75 bits per heavy atom. The summed E-state index contributed by atoms with van der Waals surface area (Å²) in [5, 5.41) is 14.6. The van der Waals surface area contributed by atoms with E-state index < -0.39 is 0 Å². The lowest BCUT2D eigenvalue weighted by atomic mass is 9.84. The topological polar surface area (TPSA) is 58.4 Å². The van der Waals surface area contributed by atoms with Gasteiger partial charge in [0.25, 0.3) is 5.69 Å². The van der Waals surface area contributed by atoms with Crippen molar-refractivity contribution in [3.8, 4) is 0 Å². The highest BCUT2D eigenvalue weighted by atomic mass is 79.9. The predicted octanol–water partition coefficient (Wildman–Crippen LogP) is 2.54. The largest absolute Gasteiger partial charge is 0.308 e. The van der Waals surface area contributed by atoms with E-state index in [1.165, 1.54) is 25.9 Å². The van der Waals surface area contributed by atoms with Gasteiger partial charge in [-0.25, -0.2) is 0 Å². The predicted molar refractivity (Wildman–Crippen MR) is 80.6 cm³/mol. The zero-order valence-electron chi connectivity index (χ0n) is 11.2. The first-order valence-electron chi connectivity index (χ1n) is 7.02. The molecule has 1 atom stereocenters. The summed E-state index contributed by atoms with van der Waals surface area (Å²) >= 11 is 3.29. The molecule has 0 aliphatic carbocycles. The van der Waals surface area contributed by atoms with E-state index >= 15 is 0 Å². The molecule has 3 aliphatic rings. The van der Waals surface area contributed by atoms with Crippen LogP contribution in [-0.2, 0) is 6.54 Å². The molecule has 3 heterocycles. The van der Waals surface area contributed by atoms with Crippen LogP contribution in [-0.4, -0.2) is 35.5 Å². The molecule has 108 valence electrons. The fourth-order valence-corrected chi connectivity index (χ4v) is 3.64. The van der Waals surface area contributed by atoms with Gasteiger partial charge in [0.05, 0.1) is 4.92 Å². The van der Waals surface area contributed by atoms with Crippen molar-refractivity contribution in [3.05, 3.63) is 38.3 Å². The third kappa shape index (κ3) is 2.87. The molecule has 6 heteroatoms. The molecule has 4 rings (SSSR count). The van der Waals surface area contributed by atoms with Crippen molar-refractivity contribution in [2.24, 2.45) is 5.92 Å². The van der Waals surface area contributed by atoms with Gasteiger partial charge in [-0.1, -0.05) is 15.9 Å². The first-order chi connectivity index (χ1) is 9.63. The summed E-state index contributed by atoms with van der Waals surface area (Å²) in [7, 11) is 0.